The molecule has 0 aliphatic rings. The van der Waals surface area contributed by atoms with Crippen LogP contribution < -0.4 is 77.8 Å². The second kappa shape index (κ2) is 48.5. The minimum atomic E-state index is -1.04. The van der Waals surface area contributed by atoms with Gasteiger partial charge in [0.25, 0.3) is 0 Å². The number of primary amides is 1. The summed E-state index contributed by atoms with van der Waals surface area (Å²) in [5.41, 5.74) is 51.5. The third kappa shape index (κ3) is 35.5. The largest absolute Gasteiger partial charge is 0.370 e. The highest BCUT2D eigenvalue weighted by molar-refractivity contribution is 5.87. The lowest BCUT2D eigenvalue weighted by atomic mass is 10.1. The van der Waals surface area contributed by atoms with Crippen molar-refractivity contribution in [1.82, 2.24) is 56.4 Å². The number of nitrogens with zero attached hydrogens (tertiary/aromatic N) is 6. The first-order chi connectivity index (χ1) is 49.8. The zero-order valence-electron chi connectivity index (χ0n) is 59.6. The van der Waals surface area contributed by atoms with E-state index >= 15 is 0 Å². The van der Waals surface area contributed by atoms with Crippen LogP contribution in [0, 0.1) is 0 Å². The fraction of sp³-hybridized carbons (Fsp3) is 0.486. The van der Waals surface area contributed by atoms with Crippen LogP contribution >= 0.6 is 0 Å². The van der Waals surface area contributed by atoms with E-state index in [0.717, 1.165) is 22.3 Å². The number of amides is 12. The maximum atomic E-state index is 14.1. The highest BCUT2D eigenvalue weighted by Crippen LogP contribution is 2.12. The molecule has 104 heavy (non-hydrogen) atoms. The SMILES string of the molecule is CC(=O)NCCN(CCC(=O)NCCN(CCC(=O)NCCN(CCC(=O)NCCN(CCC(=O)NCCN(CCC(=O)NCCC(N)=O)C(=O)[C@@H](N)Cc1ccccc1)C(=O)[C@@H](N)CCCN=C(N)N)C(=O)[C@@H](N)Cc1ccccc1)C(=O)[C@@H](N)Cc1ccccc1)C(=O)[C@@H](N)Cc1ccccc1. The highest BCUT2D eigenvalue weighted by atomic mass is 16.2. The Morgan fingerprint density at radius 1 is 0.327 bits per heavy atom. The summed E-state index contributed by atoms with van der Waals surface area (Å²) in [5.74, 6) is -5.75. The van der Waals surface area contributed by atoms with Gasteiger partial charge in [-0.1, -0.05) is 121 Å². The van der Waals surface area contributed by atoms with Gasteiger partial charge in [0.15, 0.2) is 5.96 Å². The molecule has 568 valence electrons. The van der Waals surface area contributed by atoms with Gasteiger partial charge in [-0.2, -0.15) is 0 Å². The van der Waals surface area contributed by atoms with Crippen molar-refractivity contribution in [1.29, 1.82) is 0 Å². The first kappa shape index (κ1) is 86.0. The van der Waals surface area contributed by atoms with Gasteiger partial charge < -0.3 is 102 Å². The Morgan fingerprint density at radius 3 is 0.808 bits per heavy atom. The number of hydrogen-bond donors (Lipinski definition) is 14. The predicted molar refractivity (Wildman–Crippen MR) is 394 cm³/mol. The topological polar surface area (TPSA) is 514 Å². The second-order valence-electron chi connectivity index (χ2n) is 25.1. The molecule has 0 saturated carbocycles. The Hall–Kier alpha value is -10.4. The standard InChI is InChI=1S/C72H108N20O12/c1-51(93)81-32-42-89(68(101)57(74)47-52-15-6-2-7-16-52)39-27-64(97)85-35-45-92(71(104)60(77)50-55-21-12-5-13-22-55)41-29-66(99)86-36-46-91(70(103)59(76)49-54-19-10-4-11-20-54)40-28-65(98)83-33-43-88(67(100)56(73)23-14-30-87-72(79)80)37-26-63(96)84-34-44-90(38-25-62(95)82-31-24-61(78)94)69(102)58(75)48-53-17-8-3-9-18-53/h2-13,15-22,56-60H,14,23-50,73-77H2,1H3,(H2,78,94)(H,81,93)(H,82,95)(H,83,98)(H,84,96)(H,85,97)(H,86,99)(H4,79,80,87)/t56-,57-,58-,59-,60-/m0/s1. The van der Waals surface area contributed by atoms with Crippen LogP contribution in [0.25, 0.3) is 0 Å². The summed E-state index contributed by atoms with van der Waals surface area (Å²) >= 11 is 0. The van der Waals surface area contributed by atoms with Crippen molar-refractivity contribution >= 4 is 76.8 Å². The molecule has 0 unspecified atom stereocenters. The summed E-state index contributed by atoms with van der Waals surface area (Å²) in [5, 5.41) is 16.4. The van der Waals surface area contributed by atoms with Crippen LogP contribution in [0.2, 0.25) is 0 Å². The van der Waals surface area contributed by atoms with Gasteiger partial charge in [0.05, 0.1) is 30.2 Å². The average Bonchev–Trinajstić information content (AvgIpc) is 0.919. The van der Waals surface area contributed by atoms with Crippen molar-refractivity contribution in [2.24, 2.45) is 50.9 Å². The van der Waals surface area contributed by atoms with Crippen LogP contribution in [0.15, 0.2) is 126 Å². The monoisotopic (exact) mass is 1440 g/mol. The smallest absolute Gasteiger partial charge is 0.239 e. The molecule has 0 saturated heterocycles. The summed E-state index contributed by atoms with van der Waals surface area (Å²) in [6, 6.07) is 31.6. The van der Waals surface area contributed by atoms with Gasteiger partial charge in [0, 0.05) is 157 Å². The zero-order chi connectivity index (χ0) is 76.2. The van der Waals surface area contributed by atoms with E-state index in [4.69, 9.17) is 45.9 Å². The number of guanidine groups is 1. The summed E-state index contributed by atoms with van der Waals surface area (Å²) in [6.07, 6.45) is 0.366. The van der Waals surface area contributed by atoms with Gasteiger partial charge in [-0.15, -0.1) is 0 Å². The molecule has 0 heterocycles. The van der Waals surface area contributed by atoms with Crippen molar-refractivity contribution in [2.75, 3.05) is 111 Å². The third-order valence-electron chi connectivity index (χ3n) is 16.6. The van der Waals surface area contributed by atoms with Gasteiger partial charge >= 0.3 is 0 Å². The number of rotatable bonds is 50. The van der Waals surface area contributed by atoms with Crippen LogP contribution in [0.1, 0.15) is 80.5 Å². The first-order valence-corrected chi connectivity index (χ1v) is 35.1. The van der Waals surface area contributed by atoms with Crippen molar-refractivity contribution < 1.29 is 57.5 Å². The lowest BCUT2D eigenvalue weighted by Gasteiger charge is -2.27. The molecule has 5 atom stereocenters. The molecule has 4 aromatic rings. The van der Waals surface area contributed by atoms with E-state index in [2.05, 4.69) is 36.9 Å². The highest BCUT2D eigenvalue weighted by Gasteiger charge is 2.28. The van der Waals surface area contributed by atoms with Crippen LogP contribution in [-0.2, 0) is 83.2 Å². The number of benzene rings is 4. The number of nitrogens with two attached hydrogens (primary N) is 8. The third-order valence-corrected chi connectivity index (χ3v) is 16.6. The van der Waals surface area contributed by atoms with E-state index in [1.165, 1.54) is 31.4 Å². The Kier molecular flexibility index (Phi) is 40.1. The lowest BCUT2D eigenvalue weighted by molar-refractivity contribution is -0.135. The Balaban J connectivity index is 1.39. The minimum Gasteiger partial charge on any atom is -0.370 e. The van der Waals surface area contributed by atoms with E-state index in [9.17, 15) is 57.5 Å². The molecule has 32 heteroatoms. The summed E-state index contributed by atoms with van der Waals surface area (Å²) < 4.78 is 0. The van der Waals surface area contributed by atoms with E-state index in [1.807, 2.05) is 109 Å². The molecule has 0 fully saturated rings. The molecule has 0 aliphatic carbocycles. The Bertz CT molecular complexity index is 3370. The van der Waals surface area contributed by atoms with E-state index in [-0.39, 0.29) is 194 Å². The van der Waals surface area contributed by atoms with Crippen LogP contribution in [0.3, 0.4) is 0 Å². The molecule has 0 aromatic heterocycles. The van der Waals surface area contributed by atoms with E-state index in [0.29, 0.717) is 6.42 Å². The first-order valence-electron chi connectivity index (χ1n) is 35.1. The number of aliphatic imine (C=N–C) groups is 1. The van der Waals surface area contributed by atoms with Gasteiger partial charge in [-0.3, -0.25) is 62.5 Å². The minimum absolute atomic E-state index is 0.0110. The predicted octanol–water partition coefficient (Wildman–Crippen LogP) is -3.67. The Labute approximate surface area is 608 Å². The molecular formula is C72H108N20O12. The molecule has 0 radical (unpaired) electrons. The molecule has 4 rings (SSSR count). The molecule has 4 aromatic carbocycles. The number of hydrogen-bond acceptors (Lipinski definition) is 18. The zero-order valence-corrected chi connectivity index (χ0v) is 59.6. The number of nitrogens with one attached hydrogen (secondary N) is 6. The quantitative estimate of drug-likeness (QED) is 0.0115. The molecule has 22 N–H and O–H groups in total. The molecule has 12 amide bonds. The molecule has 0 bridgehead atoms. The van der Waals surface area contributed by atoms with Gasteiger partial charge in [0.2, 0.25) is 70.9 Å². The summed E-state index contributed by atoms with van der Waals surface area (Å²) in [6.45, 7) is 0.867. The molecular weight excluding hydrogens is 1340 g/mol. The second-order valence-corrected chi connectivity index (χ2v) is 25.1. The van der Waals surface area contributed by atoms with Crippen molar-refractivity contribution in [3.05, 3.63) is 144 Å². The van der Waals surface area contributed by atoms with Crippen LogP contribution in [0.5, 0.6) is 0 Å². The van der Waals surface area contributed by atoms with E-state index in [1.54, 1.807) is 12.1 Å². The molecule has 0 aliphatic heterocycles. The van der Waals surface area contributed by atoms with Crippen molar-refractivity contribution in [3.8, 4) is 0 Å². The van der Waals surface area contributed by atoms with Crippen molar-refractivity contribution in [2.45, 2.75) is 114 Å². The normalized spacial score (nSPS) is 12.3. The van der Waals surface area contributed by atoms with Crippen LogP contribution in [-0.4, -0.2) is 243 Å². The van der Waals surface area contributed by atoms with Crippen LogP contribution in [0.4, 0.5) is 0 Å². The molecule has 0 spiro atoms. The summed E-state index contributed by atoms with van der Waals surface area (Å²) in [7, 11) is 0. The van der Waals surface area contributed by atoms with Crippen molar-refractivity contribution in [3.63, 3.8) is 0 Å². The summed E-state index contributed by atoms with van der Waals surface area (Å²) in [4.78, 5) is 170. The Morgan fingerprint density at radius 2 is 0.567 bits per heavy atom. The fourth-order valence-corrected chi connectivity index (χ4v) is 10.9. The maximum absolute atomic E-state index is 14.1. The van der Waals surface area contributed by atoms with E-state index < -0.39 is 95.2 Å². The van der Waals surface area contributed by atoms with Gasteiger partial charge in [-0.25, -0.2) is 0 Å². The number of carbonyl (C=O) groups excluding carboxylic acids is 12. The fourth-order valence-electron chi connectivity index (χ4n) is 10.9. The molecule has 32 nitrogen and oxygen atoms in total. The average molecular weight is 1450 g/mol. The lowest BCUT2D eigenvalue weighted by Crippen LogP contribution is -2.50. The number of carbonyl (C=O) groups is 12. The van der Waals surface area contributed by atoms with Gasteiger partial charge in [-0.05, 0) is 60.8 Å². The van der Waals surface area contributed by atoms with Gasteiger partial charge in [0.1, 0.15) is 0 Å². The maximum Gasteiger partial charge on any atom is 0.239 e.